The number of amides is 13. The van der Waals surface area contributed by atoms with Gasteiger partial charge in [-0.2, -0.15) is 0 Å². The van der Waals surface area contributed by atoms with Crippen LogP contribution >= 0.6 is 0 Å². The minimum absolute atomic E-state index is 0.0480. The highest BCUT2D eigenvalue weighted by Crippen LogP contribution is 2.24. The van der Waals surface area contributed by atoms with Crippen LogP contribution in [0.4, 0.5) is 0 Å². The largest absolute Gasteiger partial charge is 0.480 e. The van der Waals surface area contributed by atoms with Gasteiger partial charge in [-0.05, 0) is 87.6 Å². The van der Waals surface area contributed by atoms with Gasteiger partial charge in [0.25, 0.3) is 0 Å². The first kappa shape index (κ1) is 82.3. The molecule has 5 heterocycles. The number of benzene rings is 2. The van der Waals surface area contributed by atoms with Crippen LogP contribution in [0.15, 0.2) is 60.9 Å². The van der Waals surface area contributed by atoms with E-state index in [-0.39, 0.29) is 43.7 Å². The van der Waals surface area contributed by atoms with Crippen LogP contribution in [0, 0.1) is 5.92 Å². The minimum atomic E-state index is -1.66. The van der Waals surface area contributed by atoms with Crippen molar-refractivity contribution in [3.63, 3.8) is 0 Å². The third-order valence-corrected chi connectivity index (χ3v) is 17.2. The Morgan fingerprint density at radius 1 is 0.500 bits per heavy atom. The first-order valence-corrected chi connectivity index (χ1v) is 33.9. The van der Waals surface area contributed by atoms with Crippen molar-refractivity contribution < 1.29 is 103 Å². The number of carboxylic acids is 2. The number of aliphatic hydroxyl groups is 4. The van der Waals surface area contributed by atoms with Crippen LogP contribution in [0.1, 0.15) is 76.8 Å². The normalized spacial score (nSPS) is 17.8. The van der Waals surface area contributed by atoms with Gasteiger partial charge >= 0.3 is 11.9 Å². The van der Waals surface area contributed by atoms with Gasteiger partial charge in [0.15, 0.2) is 0 Å². The van der Waals surface area contributed by atoms with E-state index >= 15 is 0 Å². The second-order valence-corrected chi connectivity index (χ2v) is 25.5. The summed E-state index contributed by atoms with van der Waals surface area (Å²) in [6.07, 6.45) is 5.27. The molecule has 2 aromatic heterocycles. The molecule has 104 heavy (non-hydrogen) atoms. The predicted molar refractivity (Wildman–Crippen MR) is 367 cm³/mol. The fourth-order valence-electron chi connectivity index (χ4n) is 11.8. The maximum atomic E-state index is 14.1. The monoisotopic (exact) mass is 1460 g/mol. The fraction of sp³-hybridized carbons (Fsp3) is 0.530. The average molecular weight is 1460 g/mol. The van der Waals surface area contributed by atoms with Crippen molar-refractivity contribution in [3.05, 3.63) is 72.1 Å². The average Bonchev–Trinajstić information content (AvgIpc) is 1.67. The van der Waals surface area contributed by atoms with E-state index < -0.39 is 196 Å². The summed E-state index contributed by atoms with van der Waals surface area (Å²) in [6, 6.07) is 2.75. The van der Waals surface area contributed by atoms with Crippen molar-refractivity contribution in [2.24, 2.45) is 11.7 Å². The van der Waals surface area contributed by atoms with Crippen molar-refractivity contribution >= 4 is 111 Å². The molecule has 3 aliphatic heterocycles. The molecule has 0 aliphatic carbocycles. The molecule has 0 spiro atoms. The van der Waals surface area contributed by atoms with Crippen LogP contribution in [-0.4, -0.2) is 278 Å². The topological polar surface area (TPSA) is 586 Å². The van der Waals surface area contributed by atoms with E-state index in [4.69, 9.17) is 10.8 Å². The smallest absolute Gasteiger partial charge is 0.328 e. The number of H-pyrrole nitrogens is 2. The summed E-state index contributed by atoms with van der Waals surface area (Å²) in [5.74, 6) is -12.3. The number of nitrogens with zero attached hydrogens (tertiary/aromatic N) is 2. The molecule has 38 nitrogen and oxygen atoms in total. The number of para-hydroxylation sites is 2. The number of fused-ring (bicyclic) bond motifs is 2. The van der Waals surface area contributed by atoms with E-state index in [1.165, 1.54) is 16.7 Å². The highest BCUT2D eigenvalue weighted by atomic mass is 16.4. The Morgan fingerprint density at radius 3 is 1.47 bits per heavy atom. The number of carbonyl (C=O) groups excluding carboxylic acids is 13. The first-order valence-electron chi connectivity index (χ1n) is 33.9. The van der Waals surface area contributed by atoms with E-state index in [0.29, 0.717) is 56.3 Å². The van der Waals surface area contributed by atoms with E-state index in [1.807, 2.05) is 30.3 Å². The minimum Gasteiger partial charge on any atom is -0.480 e. The third-order valence-electron chi connectivity index (χ3n) is 17.2. The van der Waals surface area contributed by atoms with E-state index in [1.54, 1.807) is 44.4 Å². The SMILES string of the molecule is CC(C)CC(NC(=O)C(NC(=O)CNC(=O)CNC(=O)CNC(=O)C1CCCN1C(=O)C(N)CO)C(C)O)C(=O)O.O=C(CNC(=O)C(CO)NC(=O)C1CCCN1C(=O)C1CCCN1)NCC(=O)NC(Cc1c[nH]c2ccccc12)C(=O)NC(Cc1c[nH]c2ccccc12)C(=O)NC(CO)C(=O)O. The summed E-state index contributed by atoms with van der Waals surface area (Å²) in [4.78, 5) is 198. The third kappa shape index (κ3) is 24.2. The van der Waals surface area contributed by atoms with Gasteiger partial charge in [0, 0.05) is 60.1 Å². The molecule has 0 saturated carbocycles. The molecule has 3 saturated heterocycles. The number of hydrogen-bond donors (Lipinski definition) is 21. The number of aliphatic hydroxyl groups excluding tert-OH is 4. The van der Waals surface area contributed by atoms with Crippen LogP contribution in [0.2, 0.25) is 0 Å². The lowest BCUT2D eigenvalue weighted by Gasteiger charge is -2.28. The van der Waals surface area contributed by atoms with Gasteiger partial charge < -0.3 is 120 Å². The number of nitrogens with one attached hydrogen (secondary N) is 14. The van der Waals surface area contributed by atoms with Gasteiger partial charge in [0.1, 0.15) is 54.4 Å². The van der Waals surface area contributed by atoms with Gasteiger partial charge in [0.05, 0.1) is 64.7 Å². The summed E-state index contributed by atoms with van der Waals surface area (Å²) in [5, 5.41) is 87.8. The summed E-state index contributed by atoms with van der Waals surface area (Å²) < 4.78 is 0. The molecule has 22 N–H and O–H groups in total. The Bertz CT molecular complexity index is 3730. The molecule has 568 valence electrons. The Balaban J connectivity index is 0.000000360. The number of carboxylic acid groups (broad SMARTS) is 2. The van der Waals surface area contributed by atoms with Crippen LogP contribution < -0.4 is 69.5 Å². The standard InChI is InChI=1S/C42H52N10O11.C24H41N7O10/c53-21-32(50-40(60)34-12-6-14-52(34)41(61)29-11-5-13-43-29)37(57)47-19-35(55)46-20-36(56)48-30(15-23-17-44-27-9-3-1-7-25(23)27)38(58)49-31(39(59)51-33(22-54)42(62)63)16-24-18-45-28-10-4-2-8-26(24)28;1-12(2)7-15(24(40)41)29-22(38)20(13(3)33)30-19(36)10-27-17(34)8-26-18(35)9-28-21(37)16-5-4-6-31(16)23(39)14(25)11-32/h1-4,7-10,17-18,29-34,43-45,53-54H,5-6,11-16,19-22H2,(H,46,55)(H,47,57)(H,48,56)(H,49,58)(H,50,60)(H,51,59)(H,62,63);12-16,20,32-33H,4-11,25H2,1-3H3,(H,26,35)(H,27,34)(H,28,37)(H,29,38)(H,30,36)(H,40,41). The number of aromatic nitrogens is 2. The number of nitrogens with two attached hydrogens (primary N) is 1. The summed E-state index contributed by atoms with van der Waals surface area (Å²) in [6.45, 7) is 0.915. The van der Waals surface area contributed by atoms with Gasteiger partial charge in [-0.3, -0.25) is 62.3 Å². The van der Waals surface area contributed by atoms with Gasteiger partial charge in [-0.15, -0.1) is 0 Å². The maximum Gasteiger partial charge on any atom is 0.328 e. The molecular weight excluding hydrogens is 1370 g/mol. The van der Waals surface area contributed by atoms with Crippen molar-refractivity contribution in [2.45, 2.75) is 145 Å². The molecule has 0 radical (unpaired) electrons. The first-order chi connectivity index (χ1) is 49.5. The Labute approximate surface area is 595 Å². The molecule has 38 heteroatoms. The highest BCUT2D eigenvalue weighted by molar-refractivity contribution is 5.99. The second kappa shape index (κ2) is 40.2. The zero-order valence-corrected chi connectivity index (χ0v) is 57.6. The molecule has 13 amide bonds. The maximum absolute atomic E-state index is 14.1. The molecule has 2 aromatic carbocycles. The van der Waals surface area contributed by atoms with Crippen LogP contribution in [0.3, 0.4) is 0 Å². The van der Waals surface area contributed by atoms with Gasteiger partial charge in [-0.25, -0.2) is 9.59 Å². The summed E-state index contributed by atoms with van der Waals surface area (Å²) in [5.41, 5.74) is 8.28. The summed E-state index contributed by atoms with van der Waals surface area (Å²) in [7, 11) is 0. The number of carbonyl (C=O) groups is 15. The van der Waals surface area contributed by atoms with Gasteiger partial charge in [-0.1, -0.05) is 50.2 Å². The number of likely N-dealkylation sites (tertiary alicyclic amines) is 2. The molecule has 7 rings (SSSR count). The fourth-order valence-corrected chi connectivity index (χ4v) is 11.8. The van der Waals surface area contributed by atoms with E-state index in [0.717, 1.165) is 28.2 Å². The van der Waals surface area contributed by atoms with Crippen LogP contribution in [0.25, 0.3) is 21.8 Å². The molecule has 11 unspecified atom stereocenters. The van der Waals surface area contributed by atoms with Crippen molar-refractivity contribution in [3.8, 4) is 0 Å². The molecule has 4 aromatic rings. The Kier molecular flexibility index (Phi) is 31.8. The predicted octanol–water partition coefficient (Wildman–Crippen LogP) is -7.46. The summed E-state index contributed by atoms with van der Waals surface area (Å²) >= 11 is 0. The quantitative estimate of drug-likeness (QED) is 0.0201. The lowest BCUT2D eigenvalue weighted by Crippen LogP contribution is -2.58. The lowest BCUT2D eigenvalue weighted by atomic mass is 10.0. The van der Waals surface area contributed by atoms with E-state index in [2.05, 4.69) is 73.8 Å². The number of rotatable bonds is 36. The zero-order valence-electron chi connectivity index (χ0n) is 57.6. The molecule has 0 bridgehead atoms. The zero-order chi connectivity index (χ0) is 76.3. The van der Waals surface area contributed by atoms with E-state index in [9.17, 15) is 97.5 Å². The second-order valence-electron chi connectivity index (χ2n) is 25.5. The number of aliphatic carboxylic acids is 2. The van der Waals surface area contributed by atoms with Crippen molar-refractivity contribution in [1.82, 2.24) is 83.6 Å². The van der Waals surface area contributed by atoms with Crippen molar-refractivity contribution in [2.75, 3.05) is 72.2 Å². The van der Waals surface area contributed by atoms with Crippen molar-refractivity contribution in [1.29, 1.82) is 0 Å². The number of aromatic amines is 2. The van der Waals surface area contributed by atoms with Gasteiger partial charge in [0.2, 0.25) is 76.8 Å². The molecular formula is C66H93N17O21. The molecule has 11 atom stereocenters. The lowest BCUT2D eigenvalue weighted by molar-refractivity contribution is -0.143. The molecule has 3 aliphatic rings. The Hall–Kier alpha value is -10.7. The molecule has 3 fully saturated rings. The van der Waals surface area contributed by atoms with Crippen LogP contribution in [0.5, 0.6) is 0 Å². The Morgan fingerprint density at radius 2 is 0.971 bits per heavy atom. The van der Waals surface area contributed by atoms with Crippen LogP contribution in [-0.2, 0) is 84.8 Å². The highest BCUT2D eigenvalue weighted by Gasteiger charge is 2.40. The number of hydrogen-bond acceptors (Lipinski definition) is 21.